The SMILES string of the molecule is O=C(NC1CCN(c2nccn3c(=O)[nH]nc23)CC1)c1cccc(F)c1. The fourth-order valence-electron chi connectivity index (χ4n) is 3.19. The molecule has 0 spiro atoms. The molecule has 1 fully saturated rings. The van der Waals surface area contributed by atoms with Crippen molar-refractivity contribution in [2.75, 3.05) is 18.0 Å². The van der Waals surface area contributed by atoms with Crippen LogP contribution in [0.25, 0.3) is 5.65 Å². The van der Waals surface area contributed by atoms with Gasteiger partial charge in [-0.05, 0) is 31.0 Å². The maximum Gasteiger partial charge on any atom is 0.347 e. The number of piperidine rings is 1. The van der Waals surface area contributed by atoms with Gasteiger partial charge in [-0.15, -0.1) is 5.10 Å². The minimum absolute atomic E-state index is 0.00290. The topological polar surface area (TPSA) is 95.4 Å². The number of nitrogens with zero attached hydrogens (tertiary/aromatic N) is 4. The fourth-order valence-corrected chi connectivity index (χ4v) is 3.19. The number of fused-ring (bicyclic) bond motifs is 1. The molecule has 0 bridgehead atoms. The lowest BCUT2D eigenvalue weighted by Crippen LogP contribution is -2.45. The summed E-state index contributed by atoms with van der Waals surface area (Å²) in [7, 11) is 0. The van der Waals surface area contributed by atoms with Crippen molar-refractivity contribution in [1.82, 2.24) is 24.9 Å². The van der Waals surface area contributed by atoms with Crippen molar-refractivity contribution in [3.63, 3.8) is 0 Å². The van der Waals surface area contributed by atoms with Gasteiger partial charge in [0.1, 0.15) is 5.82 Å². The second-order valence-electron chi connectivity index (χ2n) is 6.22. The van der Waals surface area contributed by atoms with Crippen molar-refractivity contribution in [2.45, 2.75) is 18.9 Å². The Labute approximate surface area is 147 Å². The molecule has 9 heteroatoms. The van der Waals surface area contributed by atoms with Gasteiger partial charge in [-0.25, -0.2) is 23.7 Å². The average Bonchev–Trinajstić information content (AvgIpc) is 3.04. The van der Waals surface area contributed by atoms with Crippen molar-refractivity contribution < 1.29 is 9.18 Å². The van der Waals surface area contributed by atoms with Crippen molar-refractivity contribution in [1.29, 1.82) is 0 Å². The normalized spacial score (nSPS) is 15.3. The predicted molar refractivity (Wildman–Crippen MR) is 92.7 cm³/mol. The van der Waals surface area contributed by atoms with Crippen molar-refractivity contribution in [2.24, 2.45) is 0 Å². The molecule has 0 saturated carbocycles. The van der Waals surface area contributed by atoms with Crippen LogP contribution in [0.1, 0.15) is 23.2 Å². The standard InChI is InChI=1S/C17H17FN6O2/c18-12-3-1-2-11(10-12)16(25)20-13-4-7-23(8-5-13)14-15-21-22-17(26)24(15)9-6-19-14/h1-3,6,9-10,13H,4-5,7-8H2,(H,20,25)(H,22,26). The zero-order chi connectivity index (χ0) is 18.1. The minimum atomic E-state index is -0.430. The van der Waals surface area contributed by atoms with E-state index in [1.807, 2.05) is 4.90 Å². The van der Waals surface area contributed by atoms with Gasteiger partial charge in [0.15, 0.2) is 5.82 Å². The predicted octanol–water partition coefficient (Wildman–Crippen LogP) is 0.955. The molecule has 2 aromatic heterocycles. The highest BCUT2D eigenvalue weighted by molar-refractivity contribution is 5.94. The van der Waals surface area contributed by atoms with Gasteiger partial charge in [0, 0.05) is 37.1 Å². The molecule has 8 nitrogen and oxygen atoms in total. The molecule has 1 aromatic carbocycles. The number of nitrogens with one attached hydrogen (secondary N) is 2. The number of hydrogen-bond acceptors (Lipinski definition) is 5. The highest BCUT2D eigenvalue weighted by Crippen LogP contribution is 2.20. The van der Waals surface area contributed by atoms with Gasteiger partial charge < -0.3 is 10.2 Å². The van der Waals surface area contributed by atoms with Crippen LogP contribution >= 0.6 is 0 Å². The van der Waals surface area contributed by atoms with Crippen LogP contribution < -0.4 is 15.9 Å². The van der Waals surface area contributed by atoms with Gasteiger partial charge in [0.05, 0.1) is 0 Å². The van der Waals surface area contributed by atoms with Crippen molar-refractivity contribution >= 4 is 17.4 Å². The lowest BCUT2D eigenvalue weighted by atomic mass is 10.0. The Hall–Kier alpha value is -3.23. The molecule has 0 radical (unpaired) electrons. The largest absolute Gasteiger partial charge is 0.353 e. The number of amides is 1. The van der Waals surface area contributed by atoms with Gasteiger partial charge in [-0.2, -0.15) is 0 Å². The smallest absolute Gasteiger partial charge is 0.347 e. The number of carbonyl (C=O) groups is 1. The molecule has 1 aliphatic rings. The number of anilines is 1. The molecule has 4 rings (SSSR count). The van der Waals surface area contributed by atoms with Crippen LogP contribution in [0.2, 0.25) is 0 Å². The Morgan fingerprint density at radius 1 is 1.31 bits per heavy atom. The third-order valence-corrected chi connectivity index (χ3v) is 4.53. The van der Waals surface area contributed by atoms with Gasteiger partial charge in [-0.1, -0.05) is 6.07 Å². The number of halogens is 1. The highest BCUT2D eigenvalue weighted by atomic mass is 19.1. The molecule has 1 amide bonds. The van der Waals surface area contributed by atoms with Gasteiger partial charge in [0.2, 0.25) is 5.65 Å². The first kappa shape index (κ1) is 16.2. The number of hydrogen-bond donors (Lipinski definition) is 2. The Morgan fingerprint density at radius 2 is 2.12 bits per heavy atom. The van der Waals surface area contributed by atoms with E-state index in [2.05, 4.69) is 20.5 Å². The number of rotatable bonds is 3. The Morgan fingerprint density at radius 3 is 2.88 bits per heavy atom. The van der Waals surface area contributed by atoms with Crippen LogP contribution in [0.4, 0.5) is 10.2 Å². The van der Waals surface area contributed by atoms with Gasteiger partial charge in [-0.3, -0.25) is 4.79 Å². The minimum Gasteiger partial charge on any atom is -0.353 e. The molecule has 0 aliphatic carbocycles. The van der Waals surface area contributed by atoms with E-state index in [-0.39, 0.29) is 17.6 Å². The van der Waals surface area contributed by atoms with E-state index in [1.165, 1.54) is 22.6 Å². The first-order valence-electron chi connectivity index (χ1n) is 8.35. The van der Waals surface area contributed by atoms with E-state index in [1.54, 1.807) is 18.5 Å². The maximum absolute atomic E-state index is 13.2. The van der Waals surface area contributed by atoms with Gasteiger partial charge in [0.25, 0.3) is 5.91 Å². The maximum atomic E-state index is 13.2. The van der Waals surface area contributed by atoms with Crippen LogP contribution in [0.5, 0.6) is 0 Å². The van der Waals surface area contributed by atoms with E-state index in [9.17, 15) is 14.0 Å². The summed E-state index contributed by atoms with van der Waals surface area (Å²) in [4.78, 5) is 30.3. The van der Waals surface area contributed by atoms with Crippen molar-refractivity contribution in [3.05, 3.63) is 58.5 Å². The van der Waals surface area contributed by atoms with E-state index in [0.29, 0.717) is 30.1 Å². The molecule has 0 unspecified atom stereocenters. The summed E-state index contributed by atoms with van der Waals surface area (Å²) < 4.78 is 14.7. The number of carbonyl (C=O) groups excluding carboxylic acids is 1. The van der Waals surface area contributed by atoms with Crippen LogP contribution in [-0.4, -0.2) is 44.6 Å². The number of aromatic nitrogens is 4. The summed E-state index contributed by atoms with van der Waals surface area (Å²) in [5.74, 6) is -0.0660. The third kappa shape index (κ3) is 3.03. The molecule has 26 heavy (non-hydrogen) atoms. The number of H-pyrrole nitrogens is 1. The quantitative estimate of drug-likeness (QED) is 0.729. The second kappa shape index (κ2) is 6.58. The Bertz CT molecular complexity index is 1010. The first-order valence-corrected chi connectivity index (χ1v) is 8.35. The summed E-state index contributed by atoms with van der Waals surface area (Å²) in [5, 5.41) is 9.39. The first-order chi connectivity index (χ1) is 12.6. The van der Waals surface area contributed by atoms with Gasteiger partial charge >= 0.3 is 5.69 Å². The third-order valence-electron chi connectivity index (χ3n) is 4.53. The van der Waals surface area contributed by atoms with Crippen LogP contribution in [0.15, 0.2) is 41.5 Å². The lowest BCUT2D eigenvalue weighted by Gasteiger charge is -2.33. The van der Waals surface area contributed by atoms with E-state index < -0.39 is 5.82 Å². The van der Waals surface area contributed by atoms with Crippen molar-refractivity contribution in [3.8, 4) is 0 Å². The number of benzene rings is 1. The molecule has 134 valence electrons. The molecular weight excluding hydrogens is 339 g/mol. The summed E-state index contributed by atoms with van der Waals surface area (Å²) in [6, 6.07) is 5.65. The summed E-state index contributed by atoms with van der Waals surface area (Å²) >= 11 is 0. The van der Waals surface area contributed by atoms with E-state index in [0.717, 1.165) is 12.8 Å². The zero-order valence-electron chi connectivity index (χ0n) is 13.9. The second-order valence-corrected chi connectivity index (χ2v) is 6.22. The molecule has 2 N–H and O–H groups in total. The summed E-state index contributed by atoms with van der Waals surface area (Å²) in [6.07, 6.45) is 4.57. The zero-order valence-corrected chi connectivity index (χ0v) is 13.9. The van der Waals surface area contributed by atoms with Crippen LogP contribution in [-0.2, 0) is 0 Å². The average molecular weight is 356 g/mol. The molecule has 1 saturated heterocycles. The molecular formula is C17H17FN6O2. The lowest BCUT2D eigenvalue weighted by molar-refractivity contribution is 0.0930. The fraction of sp³-hybridized carbons (Fsp3) is 0.294. The Kier molecular flexibility index (Phi) is 4.11. The monoisotopic (exact) mass is 356 g/mol. The molecule has 0 atom stereocenters. The molecule has 1 aliphatic heterocycles. The summed E-state index contributed by atoms with van der Waals surface area (Å²) in [6.45, 7) is 1.34. The molecule has 3 aromatic rings. The Balaban J connectivity index is 1.42. The van der Waals surface area contributed by atoms with Crippen LogP contribution in [0.3, 0.4) is 0 Å². The number of aromatic amines is 1. The van der Waals surface area contributed by atoms with E-state index in [4.69, 9.17) is 0 Å². The molecule has 3 heterocycles. The highest BCUT2D eigenvalue weighted by Gasteiger charge is 2.24. The van der Waals surface area contributed by atoms with Crippen LogP contribution in [0, 0.1) is 5.82 Å². The summed E-state index contributed by atoms with van der Waals surface area (Å²) in [5.41, 5.74) is 0.496. The van der Waals surface area contributed by atoms with E-state index >= 15 is 0 Å².